The maximum absolute atomic E-state index is 14.7. The lowest BCUT2D eigenvalue weighted by Crippen LogP contribution is -2.50. The van der Waals surface area contributed by atoms with Crippen molar-refractivity contribution >= 4 is 27.5 Å². The van der Waals surface area contributed by atoms with E-state index in [0.717, 1.165) is 0 Å². The van der Waals surface area contributed by atoms with E-state index in [9.17, 15) is 17.6 Å². The summed E-state index contributed by atoms with van der Waals surface area (Å²) >= 11 is 6.34. The van der Waals surface area contributed by atoms with Gasteiger partial charge in [0, 0.05) is 36.8 Å². The number of halogens is 2. The Labute approximate surface area is 188 Å². The number of rotatable bonds is 8. The molecule has 0 bridgehead atoms. The lowest BCUT2D eigenvalue weighted by molar-refractivity contribution is -0.124. The van der Waals surface area contributed by atoms with Crippen LogP contribution in [0, 0.1) is 5.82 Å². The fourth-order valence-electron chi connectivity index (χ4n) is 4.40. The van der Waals surface area contributed by atoms with Gasteiger partial charge < -0.3 is 10.1 Å². The standard InChI is InChI=1S/C21H31ClFN3O4S/c1-3-12-31(28,29)26-9-5-8-18(26)21(27)24-13-19(25-10-11-30-15(2)14-25)20-16(22)6-4-7-17(20)23/h4,6-7,15,18-19H,3,5,8-14H2,1-2H3,(H,24,27). The molecule has 31 heavy (non-hydrogen) atoms. The summed E-state index contributed by atoms with van der Waals surface area (Å²) in [4.78, 5) is 15.0. The Hall–Kier alpha value is -1.26. The molecule has 174 valence electrons. The number of morpholine rings is 1. The van der Waals surface area contributed by atoms with Crippen LogP contribution in [-0.2, 0) is 19.6 Å². The number of hydrogen-bond acceptors (Lipinski definition) is 5. The van der Waals surface area contributed by atoms with Gasteiger partial charge >= 0.3 is 0 Å². The smallest absolute Gasteiger partial charge is 0.238 e. The third kappa shape index (κ3) is 5.76. The highest BCUT2D eigenvalue weighted by atomic mass is 35.5. The average molecular weight is 476 g/mol. The molecule has 1 aromatic carbocycles. The molecule has 2 heterocycles. The summed E-state index contributed by atoms with van der Waals surface area (Å²) in [6.07, 6.45) is 1.59. The zero-order valence-electron chi connectivity index (χ0n) is 18.0. The van der Waals surface area contributed by atoms with Gasteiger partial charge in [0.2, 0.25) is 15.9 Å². The number of benzene rings is 1. The van der Waals surface area contributed by atoms with Gasteiger partial charge in [0.05, 0.1) is 24.5 Å². The number of carbonyl (C=O) groups excluding carboxylic acids is 1. The average Bonchev–Trinajstić information content (AvgIpc) is 3.21. The second-order valence-corrected chi connectivity index (χ2v) is 10.6. The minimum absolute atomic E-state index is 0.0237. The van der Waals surface area contributed by atoms with Crippen LogP contribution < -0.4 is 5.32 Å². The highest BCUT2D eigenvalue weighted by Gasteiger charge is 2.38. The van der Waals surface area contributed by atoms with Crippen molar-refractivity contribution in [2.45, 2.75) is 51.3 Å². The van der Waals surface area contributed by atoms with E-state index >= 15 is 0 Å². The Morgan fingerprint density at radius 2 is 2.16 bits per heavy atom. The maximum Gasteiger partial charge on any atom is 0.238 e. The SMILES string of the molecule is CCCS(=O)(=O)N1CCCC1C(=O)NCC(c1c(F)cccc1Cl)N1CCOC(C)C1. The fraction of sp³-hybridized carbons (Fsp3) is 0.667. The quantitative estimate of drug-likeness (QED) is 0.625. The monoisotopic (exact) mass is 475 g/mol. The molecule has 0 aliphatic carbocycles. The molecule has 2 fully saturated rings. The summed E-state index contributed by atoms with van der Waals surface area (Å²) in [5.74, 6) is -0.759. The van der Waals surface area contributed by atoms with Crippen molar-refractivity contribution in [2.24, 2.45) is 0 Å². The molecule has 3 unspecified atom stereocenters. The third-order valence-electron chi connectivity index (χ3n) is 5.84. The van der Waals surface area contributed by atoms with Gasteiger partial charge in [0.1, 0.15) is 11.9 Å². The number of amides is 1. The predicted octanol–water partition coefficient (Wildman–Crippen LogP) is 2.56. The van der Waals surface area contributed by atoms with Crippen molar-refractivity contribution in [1.29, 1.82) is 0 Å². The summed E-state index contributed by atoms with van der Waals surface area (Å²) in [6.45, 7) is 5.88. The molecule has 2 aliphatic rings. The first-order valence-corrected chi connectivity index (χ1v) is 12.8. The lowest BCUT2D eigenvalue weighted by Gasteiger charge is -2.38. The molecule has 0 saturated carbocycles. The van der Waals surface area contributed by atoms with Crippen molar-refractivity contribution in [3.63, 3.8) is 0 Å². The van der Waals surface area contributed by atoms with Crippen LogP contribution in [0.25, 0.3) is 0 Å². The van der Waals surface area contributed by atoms with Crippen LogP contribution in [0.15, 0.2) is 18.2 Å². The van der Waals surface area contributed by atoms with Crippen LogP contribution in [0.5, 0.6) is 0 Å². The Balaban J connectivity index is 1.78. The third-order valence-corrected chi connectivity index (χ3v) is 8.25. The molecule has 1 aromatic rings. The number of hydrogen-bond donors (Lipinski definition) is 1. The summed E-state index contributed by atoms with van der Waals surface area (Å²) in [6, 6.07) is 3.33. The number of sulfonamides is 1. The minimum Gasteiger partial charge on any atom is -0.376 e. The van der Waals surface area contributed by atoms with E-state index in [4.69, 9.17) is 16.3 Å². The lowest BCUT2D eigenvalue weighted by atomic mass is 10.0. The molecule has 10 heteroatoms. The molecule has 2 saturated heterocycles. The second-order valence-electron chi connectivity index (χ2n) is 8.16. The first kappa shape index (κ1) is 24.4. The second kappa shape index (κ2) is 10.6. The minimum atomic E-state index is -3.47. The van der Waals surface area contributed by atoms with Gasteiger partial charge in [-0.05, 0) is 38.3 Å². The molecule has 2 aliphatic heterocycles. The van der Waals surface area contributed by atoms with Gasteiger partial charge in [-0.2, -0.15) is 4.31 Å². The zero-order valence-corrected chi connectivity index (χ0v) is 19.6. The largest absolute Gasteiger partial charge is 0.376 e. The first-order valence-electron chi connectivity index (χ1n) is 10.8. The Morgan fingerprint density at radius 3 is 2.84 bits per heavy atom. The highest BCUT2D eigenvalue weighted by molar-refractivity contribution is 7.89. The first-order chi connectivity index (χ1) is 14.7. The summed E-state index contributed by atoms with van der Waals surface area (Å²) in [5, 5.41) is 3.18. The zero-order chi connectivity index (χ0) is 22.6. The van der Waals surface area contributed by atoms with E-state index in [-0.39, 0.29) is 24.3 Å². The molecule has 0 aromatic heterocycles. The van der Waals surface area contributed by atoms with Crippen LogP contribution in [0.3, 0.4) is 0 Å². The number of carbonyl (C=O) groups is 1. The molecule has 1 amide bonds. The van der Waals surface area contributed by atoms with Crippen LogP contribution in [0.2, 0.25) is 5.02 Å². The van der Waals surface area contributed by atoms with Crippen LogP contribution in [0.1, 0.15) is 44.7 Å². The van der Waals surface area contributed by atoms with Gasteiger partial charge in [-0.25, -0.2) is 12.8 Å². The van der Waals surface area contributed by atoms with Crippen LogP contribution in [-0.4, -0.2) is 74.2 Å². The molecular weight excluding hydrogens is 445 g/mol. The van der Waals surface area contributed by atoms with E-state index in [1.54, 1.807) is 19.1 Å². The molecule has 0 radical (unpaired) electrons. The van der Waals surface area contributed by atoms with Gasteiger partial charge in [0.15, 0.2) is 0 Å². The highest BCUT2D eigenvalue weighted by Crippen LogP contribution is 2.31. The van der Waals surface area contributed by atoms with Gasteiger partial charge in [0.25, 0.3) is 0 Å². The predicted molar refractivity (Wildman–Crippen MR) is 118 cm³/mol. The van der Waals surface area contributed by atoms with E-state index in [1.165, 1.54) is 10.4 Å². The van der Waals surface area contributed by atoms with Crippen molar-refractivity contribution in [2.75, 3.05) is 38.5 Å². The van der Waals surface area contributed by atoms with Crippen molar-refractivity contribution in [3.8, 4) is 0 Å². The van der Waals surface area contributed by atoms with Crippen LogP contribution in [0.4, 0.5) is 4.39 Å². The molecule has 0 spiro atoms. The number of nitrogens with one attached hydrogen (secondary N) is 1. The topological polar surface area (TPSA) is 79.0 Å². The summed E-state index contributed by atoms with van der Waals surface area (Å²) in [7, 11) is -3.47. The number of ether oxygens (including phenoxy) is 1. The maximum atomic E-state index is 14.7. The Morgan fingerprint density at radius 1 is 1.39 bits per heavy atom. The number of nitrogens with zero attached hydrogens (tertiary/aromatic N) is 2. The molecule has 1 N–H and O–H groups in total. The molecule has 3 rings (SSSR count). The van der Waals surface area contributed by atoms with Crippen LogP contribution >= 0.6 is 11.6 Å². The normalized spacial score (nSPS) is 24.3. The van der Waals surface area contributed by atoms with Gasteiger partial charge in [-0.3, -0.25) is 9.69 Å². The molecular formula is C21H31ClFN3O4S. The molecule has 7 nitrogen and oxygen atoms in total. The molecule has 3 atom stereocenters. The van der Waals surface area contributed by atoms with E-state index < -0.39 is 27.9 Å². The van der Waals surface area contributed by atoms with Gasteiger partial charge in [-0.1, -0.05) is 24.6 Å². The Kier molecular flexibility index (Phi) is 8.31. The van der Waals surface area contributed by atoms with Crippen molar-refractivity contribution in [3.05, 3.63) is 34.6 Å². The van der Waals surface area contributed by atoms with Gasteiger partial charge in [-0.15, -0.1) is 0 Å². The summed E-state index contributed by atoms with van der Waals surface area (Å²) in [5.41, 5.74) is 0.334. The summed E-state index contributed by atoms with van der Waals surface area (Å²) < 4.78 is 46.7. The van der Waals surface area contributed by atoms with E-state index in [0.29, 0.717) is 56.1 Å². The van der Waals surface area contributed by atoms with Crippen molar-refractivity contribution in [1.82, 2.24) is 14.5 Å². The van der Waals surface area contributed by atoms with Crippen molar-refractivity contribution < 1.29 is 22.3 Å². The van der Waals surface area contributed by atoms with E-state index in [2.05, 4.69) is 10.2 Å². The Bertz CT molecular complexity index is 865. The fourth-order valence-corrected chi connectivity index (χ4v) is 6.43. The van der Waals surface area contributed by atoms with E-state index in [1.807, 2.05) is 6.92 Å².